The van der Waals surface area contributed by atoms with Crippen LogP contribution in [-0.4, -0.2) is 28.6 Å². The Morgan fingerprint density at radius 3 is 2.81 bits per heavy atom. The summed E-state index contributed by atoms with van der Waals surface area (Å²) in [5, 5.41) is 0. The molecule has 3 heterocycles. The van der Waals surface area contributed by atoms with E-state index in [2.05, 4.69) is 40.0 Å². The number of nitrogens with zero attached hydrogens (tertiary/aromatic N) is 4. The molecule has 0 bridgehead atoms. The highest BCUT2D eigenvalue weighted by molar-refractivity contribution is 5.55. The molecule has 3 aromatic rings. The maximum atomic E-state index is 5.51. The van der Waals surface area contributed by atoms with Crippen molar-refractivity contribution >= 4 is 5.82 Å². The van der Waals surface area contributed by atoms with Crippen LogP contribution in [-0.2, 0) is 19.4 Å². The second-order valence-corrected chi connectivity index (χ2v) is 6.38. The van der Waals surface area contributed by atoms with Crippen LogP contribution in [0.15, 0.2) is 48.7 Å². The first-order valence-electron chi connectivity index (χ1n) is 8.97. The number of anilines is 1. The lowest BCUT2D eigenvalue weighted by Crippen LogP contribution is -2.31. The third-order valence-corrected chi connectivity index (χ3v) is 4.79. The summed E-state index contributed by atoms with van der Waals surface area (Å²) in [7, 11) is 1.74. The van der Waals surface area contributed by atoms with Crippen LogP contribution in [0.4, 0.5) is 5.82 Å². The Morgan fingerprint density at radius 1 is 1.12 bits per heavy atom. The zero-order chi connectivity index (χ0) is 17.9. The van der Waals surface area contributed by atoms with Gasteiger partial charge in [0.15, 0.2) is 5.82 Å². The fraction of sp³-hybridized carbons (Fsp3) is 0.286. The van der Waals surface area contributed by atoms with E-state index >= 15 is 0 Å². The Labute approximate surface area is 153 Å². The Kier molecular flexibility index (Phi) is 4.52. The predicted octanol–water partition coefficient (Wildman–Crippen LogP) is 3.67. The van der Waals surface area contributed by atoms with Crippen molar-refractivity contribution in [3.8, 4) is 17.3 Å². The molecule has 5 heteroatoms. The Bertz CT molecular complexity index is 911. The van der Waals surface area contributed by atoms with Gasteiger partial charge in [0, 0.05) is 36.6 Å². The van der Waals surface area contributed by atoms with Gasteiger partial charge in [-0.25, -0.2) is 9.97 Å². The van der Waals surface area contributed by atoms with Gasteiger partial charge in [0.2, 0.25) is 0 Å². The second kappa shape index (κ2) is 7.12. The molecule has 0 fully saturated rings. The summed E-state index contributed by atoms with van der Waals surface area (Å²) in [4.78, 5) is 16.2. The number of hydrogen-bond acceptors (Lipinski definition) is 5. The van der Waals surface area contributed by atoms with Crippen molar-refractivity contribution in [1.29, 1.82) is 0 Å². The van der Waals surface area contributed by atoms with Crippen LogP contribution in [0.25, 0.3) is 11.5 Å². The number of benzene rings is 1. The molecule has 1 aliphatic heterocycles. The van der Waals surface area contributed by atoms with Crippen molar-refractivity contribution < 1.29 is 4.74 Å². The summed E-state index contributed by atoms with van der Waals surface area (Å²) in [5.41, 5.74) is 4.45. The number of hydrogen-bond donors (Lipinski definition) is 0. The second-order valence-electron chi connectivity index (χ2n) is 6.38. The van der Waals surface area contributed by atoms with E-state index in [-0.39, 0.29) is 0 Å². The maximum Gasteiger partial charge on any atom is 0.180 e. The van der Waals surface area contributed by atoms with Crippen LogP contribution in [0.5, 0.6) is 5.75 Å². The summed E-state index contributed by atoms with van der Waals surface area (Å²) in [5.74, 6) is 2.63. The van der Waals surface area contributed by atoms with E-state index in [4.69, 9.17) is 9.72 Å². The Morgan fingerprint density at radius 2 is 2.04 bits per heavy atom. The summed E-state index contributed by atoms with van der Waals surface area (Å²) in [6.07, 6.45) is 3.59. The number of aryl methyl sites for hydroxylation is 1. The molecule has 5 nitrogen and oxygen atoms in total. The molecule has 0 unspecified atom stereocenters. The van der Waals surface area contributed by atoms with E-state index in [9.17, 15) is 0 Å². The van der Waals surface area contributed by atoms with Crippen molar-refractivity contribution in [3.05, 3.63) is 65.5 Å². The summed E-state index contributed by atoms with van der Waals surface area (Å²) >= 11 is 0. The third kappa shape index (κ3) is 3.12. The van der Waals surface area contributed by atoms with E-state index in [1.165, 1.54) is 11.1 Å². The summed E-state index contributed by atoms with van der Waals surface area (Å²) < 4.78 is 5.51. The van der Waals surface area contributed by atoms with Crippen molar-refractivity contribution in [1.82, 2.24) is 15.0 Å². The fourth-order valence-corrected chi connectivity index (χ4v) is 3.40. The third-order valence-electron chi connectivity index (χ3n) is 4.79. The van der Waals surface area contributed by atoms with Gasteiger partial charge >= 0.3 is 0 Å². The topological polar surface area (TPSA) is 51.1 Å². The fourth-order valence-electron chi connectivity index (χ4n) is 3.40. The molecule has 0 spiro atoms. The van der Waals surface area contributed by atoms with E-state index < -0.39 is 0 Å². The first kappa shape index (κ1) is 16.5. The van der Waals surface area contributed by atoms with Gasteiger partial charge in [-0.05, 0) is 36.6 Å². The van der Waals surface area contributed by atoms with Crippen molar-refractivity contribution in [2.45, 2.75) is 26.3 Å². The molecule has 0 atom stereocenters. The van der Waals surface area contributed by atoms with Gasteiger partial charge in [-0.15, -0.1) is 0 Å². The largest absolute Gasteiger partial charge is 0.496 e. The number of ether oxygens (including phenoxy) is 1. The zero-order valence-electron chi connectivity index (χ0n) is 15.1. The highest BCUT2D eigenvalue weighted by Gasteiger charge is 2.21. The average Bonchev–Trinajstić information content (AvgIpc) is 2.73. The van der Waals surface area contributed by atoms with Crippen molar-refractivity contribution in [2.24, 2.45) is 0 Å². The molecule has 0 aliphatic carbocycles. The van der Waals surface area contributed by atoms with Gasteiger partial charge in [0.05, 0.1) is 7.11 Å². The number of rotatable bonds is 4. The lowest BCUT2D eigenvalue weighted by Gasteiger charge is -2.31. The van der Waals surface area contributed by atoms with Crippen LogP contribution in [0.2, 0.25) is 0 Å². The molecule has 0 saturated heterocycles. The molecule has 0 saturated carbocycles. The highest BCUT2D eigenvalue weighted by Crippen LogP contribution is 2.30. The van der Waals surface area contributed by atoms with E-state index in [1.807, 2.05) is 24.3 Å². The molecule has 1 aromatic carbocycles. The van der Waals surface area contributed by atoms with Crippen LogP contribution in [0.3, 0.4) is 0 Å². The Hall–Kier alpha value is -2.95. The van der Waals surface area contributed by atoms with E-state index in [0.717, 1.165) is 48.9 Å². The quantitative estimate of drug-likeness (QED) is 0.721. The molecular formula is C21H22N4O. The SMILES string of the molecule is CCc1cc(N2CCc3c(cccc3OC)C2)nc(-c2ccccn2)n1. The van der Waals surface area contributed by atoms with Gasteiger partial charge in [0.1, 0.15) is 17.3 Å². The minimum Gasteiger partial charge on any atom is -0.496 e. The smallest absolute Gasteiger partial charge is 0.180 e. The molecule has 0 N–H and O–H groups in total. The van der Waals surface area contributed by atoms with Crippen molar-refractivity contribution in [2.75, 3.05) is 18.6 Å². The molecule has 2 aromatic heterocycles. The van der Waals surface area contributed by atoms with Crippen LogP contribution < -0.4 is 9.64 Å². The normalized spacial score (nSPS) is 13.4. The predicted molar refractivity (Wildman–Crippen MR) is 102 cm³/mol. The van der Waals surface area contributed by atoms with Gasteiger partial charge in [-0.1, -0.05) is 25.1 Å². The summed E-state index contributed by atoms with van der Waals surface area (Å²) in [6, 6.07) is 14.2. The number of pyridine rings is 1. The standard InChI is InChI=1S/C21H22N4O/c1-3-16-13-20(24-21(23-16)18-8-4-5-11-22-18)25-12-10-17-15(14-25)7-6-9-19(17)26-2/h4-9,11,13H,3,10,12,14H2,1-2H3. The number of methoxy groups -OCH3 is 1. The van der Waals surface area contributed by atoms with Gasteiger partial charge in [-0.2, -0.15) is 0 Å². The molecule has 4 rings (SSSR count). The van der Waals surface area contributed by atoms with Crippen molar-refractivity contribution in [3.63, 3.8) is 0 Å². The minimum absolute atomic E-state index is 0.691. The van der Waals surface area contributed by atoms with E-state index in [0.29, 0.717) is 5.82 Å². The van der Waals surface area contributed by atoms with Gasteiger partial charge in [-0.3, -0.25) is 4.98 Å². The average molecular weight is 346 g/mol. The highest BCUT2D eigenvalue weighted by atomic mass is 16.5. The number of aromatic nitrogens is 3. The summed E-state index contributed by atoms with van der Waals surface area (Å²) in [6.45, 7) is 3.86. The first-order valence-corrected chi connectivity index (χ1v) is 8.97. The van der Waals surface area contributed by atoms with Crippen LogP contribution in [0.1, 0.15) is 23.7 Å². The Balaban J connectivity index is 1.70. The maximum absolute atomic E-state index is 5.51. The van der Waals surface area contributed by atoms with E-state index in [1.54, 1.807) is 13.3 Å². The molecular weight excluding hydrogens is 324 g/mol. The zero-order valence-corrected chi connectivity index (χ0v) is 15.1. The van der Waals surface area contributed by atoms with Crippen LogP contribution >= 0.6 is 0 Å². The molecule has 0 radical (unpaired) electrons. The van der Waals surface area contributed by atoms with Gasteiger partial charge < -0.3 is 9.64 Å². The molecule has 26 heavy (non-hydrogen) atoms. The monoisotopic (exact) mass is 346 g/mol. The molecule has 1 aliphatic rings. The first-order chi connectivity index (χ1) is 12.8. The number of fused-ring (bicyclic) bond motifs is 1. The van der Waals surface area contributed by atoms with Crippen LogP contribution in [0, 0.1) is 0 Å². The lowest BCUT2D eigenvalue weighted by atomic mass is 9.98. The van der Waals surface area contributed by atoms with Gasteiger partial charge in [0.25, 0.3) is 0 Å². The minimum atomic E-state index is 0.691. The molecule has 132 valence electrons. The lowest BCUT2D eigenvalue weighted by molar-refractivity contribution is 0.407. The molecule has 0 amide bonds.